The number of H-pyrrole nitrogens is 1. The van der Waals surface area contributed by atoms with Crippen molar-refractivity contribution in [2.75, 3.05) is 5.32 Å². The molecule has 0 fully saturated rings. The van der Waals surface area contributed by atoms with Gasteiger partial charge in [0.25, 0.3) is 0 Å². The lowest BCUT2D eigenvalue weighted by Crippen LogP contribution is -2.19. The van der Waals surface area contributed by atoms with Crippen molar-refractivity contribution in [2.45, 2.75) is 20.4 Å². The number of rotatable bonds is 5. The first-order valence-corrected chi connectivity index (χ1v) is 10.3. The SMILES string of the molecule is Cc1ccc(-c2csc(NC(=O)Cn3c(-c4cccc(C)c4)n[nH]c3=S)n2)cc1. The summed E-state index contributed by atoms with van der Waals surface area (Å²) >= 11 is 6.71. The van der Waals surface area contributed by atoms with Crippen LogP contribution in [0.2, 0.25) is 0 Å². The van der Waals surface area contributed by atoms with Gasteiger partial charge in [-0.1, -0.05) is 53.6 Å². The lowest BCUT2D eigenvalue weighted by Gasteiger charge is -2.07. The fourth-order valence-corrected chi connectivity index (χ4v) is 3.89. The lowest BCUT2D eigenvalue weighted by molar-refractivity contribution is -0.116. The van der Waals surface area contributed by atoms with Crippen LogP contribution < -0.4 is 5.32 Å². The Morgan fingerprint density at radius 1 is 1.14 bits per heavy atom. The number of thiazole rings is 1. The number of nitrogens with zero attached hydrogens (tertiary/aromatic N) is 3. The van der Waals surface area contributed by atoms with Gasteiger partial charge in [-0.3, -0.25) is 14.5 Å². The molecule has 0 saturated carbocycles. The number of carbonyl (C=O) groups excluding carboxylic acids is 1. The topological polar surface area (TPSA) is 75.6 Å². The fraction of sp³-hybridized carbons (Fsp3) is 0.143. The van der Waals surface area contributed by atoms with E-state index in [9.17, 15) is 4.79 Å². The molecule has 0 radical (unpaired) electrons. The second-order valence-corrected chi connectivity index (χ2v) is 8.00. The Bertz CT molecular complexity index is 1220. The molecule has 0 aliphatic heterocycles. The summed E-state index contributed by atoms with van der Waals surface area (Å²) in [5.74, 6) is 0.426. The first-order chi connectivity index (χ1) is 14.0. The average Bonchev–Trinajstić information content (AvgIpc) is 3.30. The van der Waals surface area contributed by atoms with Crippen molar-refractivity contribution >= 4 is 34.6 Å². The van der Waals surface area contributed by atoms with E-state index in [-0.39, 0.29) is 12.5 Å². The predicted octanol–water partition coefficient (Wildman–Crippen LogP) is 4.99. The summed E-state index contributed by atoms with van der Waals surface area (Å²) in [5.41, 5.74) is 5.07. The van der Waals surface area contributed by atoms with Gasteiger partial charge < -0.3 is 5.32 Å². The maximum atomic E-state index is 12.6. The van der Waals surface area contributed by atoms with Crippen LogP contribution in [0.5, 0.6) is 0 Å². The van der Waals surface area contributed by atoms with Crippen molar-refractivity contribution in [3.05, 3.63) is 69.8 Å². The molecule has 0 atom stereocenters. The van der Waals surface area contributed by atoms with Crippen molar-refractivity contribution in [1.29, 1.82) is 0 Å². The van der Waals surface area contributed by atoms with Crippen LogP contribution in [0.1, 0.15) is 11.1 Å². The third kappa shape index (κ3) is 4.33. The van der Waals surface area contributed by atoms with Gasteiger partial charge in [0.1, 0.15) is 6.54 Å². The summed E-state index contributed by atoms with van der Waals surface area (Å²) in [6.45, 7) is 4.11. The molecule has 4 aromatic rings. The van der Waals surface area contributed by atoms with Crippen LogP contribution >= 0.6 is 23.6 Å². The quantitative estimate of drug-likeness (QED) is 0.445. The standard InChI is InChI=1S/C21H19N5OS2/c1-13-6-8-15(9-7-13)17-12-29-20(22-17)23-18(27)11-26-19(24-25-21(26)28)16-5-3-4-14(2)10-16/h3-10,12H,11H2,1-2H3,(H,25,28)(H,22,23,27). The molecule has 29 heavy (non-hydrogen) atoms. The summed E-state index contributed by atoms with van der Waals surface area (Å²) in [6, 6.07) is 16.0. The van der Waals surface area contributed by atoms with Crippen LogP contribution in [0.3, 0.4) is 0 Å². The van der Waals surface area contributed by atoms with Gasteiger partial charge in [-0.15, -0.1) is 11.3 Å². The second-order valence-electron chi connectivity index (χ2n) is 6.76. The number of amides is 1. The largest absolute Gasteiger partial charge is 0.300 e. The molecule has 2 aromatic carbocycles. The van der Waals surface area contributed by atoms with Crippen LogP contribution in [-0.4, -0.2) is 25.7 Å². The first kappa shape index (κ1) is 19.2. The Balaban J connectivity index is 1.51. The summed E-state index contributed by atoms with van der Waals surface area (Å²) in [6.07, 6.45) is 0. The van der Waals surface area contributed by atoms with Gasteiger partial charge in [0.05, 0.1) is 5.69 Å². The van der Waals surface area contributed by atoms with E-state index in [2.05, 4.69) is 20.5 Å². The Labute approximate surface area is 177 Å². The smallest absolute Gasteiger partial charge is 0.246 e. The molecule has 0 saturated heterocycles. The molecule has 8 heteroatoms. The molecule has 0 aliphatic carbocycles. The molecule has 0 aliphatic rings. The monoisotopic (exact) mass is 421 g/mol. The number of aryl methyl sites for hydroxylation is 2. The molecule has 6 nitrogen and oxygen atoms in total. The van der Waals surface area contributed by atoms with E-state index in [0.717, 1.165) is 22.4 Å². The van der Waals surface area contributed by atoms with Crippen LogP contribution in [0.25, 0.3) is 22.6 Å². The summed E-state index contributed by atoms with van der Waals surface area (Å²) in [5, 5.41) is 12.4. The minimum atomic E-state index is -0.207. The number of anilines is 1. The normalized spacial score (nSPS) is 10.8. The molecule has 0 unspecified atom stereocenters. The van der Waals surface area contributed by atoms with Crippen molar-refractivity contribution < 1.29 is 4.79 Å². The molecule has 2 N–H and O–H groups in total. The lowest BCUT2D eigenvalue weighted by atomic mass is 10.1. The van der Waals surface area contributed by atoms with E-state index in [1.54, 1.807) is 4.57 Å². The number of aromatic amines is 1. The maximum absolute atomic E-state index is 12.6. The Kier molecular flexibility index (Phi) is 5.37. The molecule has 2 aromatic heterocycles. The number of hydrogen-bond donors (Lipinski definition) is 2. The van der Waals surface area contributed by atoms with E-state index in [1.165, 1.54) is 16.9 Å². The Morgan fingerprint density at radius 3 is 2.69 bits per heavy atom. The molecule has 0 spiro atoms. The van der Waals surface area contributed by atoms with Crippen molar-refractivity contribution in [1.82, 2.24) is 19.7 Å². The third-order valence-corrected chi connectivity index (χ3v) is 5.50. The van der Waals surface area contributed by atoms with Gasteiger partial charge in [-0.05, 0) is 32.1 Å². The minimum Gasteiger partial charge on any atom is -0.300 e. The number of nitrogens with one attached hydrogen (secondary N) is 2. The van der Waals surface area contributed by atoms with Gasteiger partial charge in [0.15, 0.2) is 15.7 Å². The van der Waals surface area contributed by atoms with Gasteiger partial charge >= 0.3 is 0 Å². The van der Waals surface area contributed by atoms with E-state index in [4.69, 9.17) is 12.2 Å². The van der Waals surface area contributed by atoms with Crippen molar-refractivity contribution in [3.8, 4) is 22.6 Å². The highest BCUT2D eigenvalue weighted by molar-refractivity contribution is 7.71. The fourth-order valence-electron chi connectivity index (χ4n) is 2.96. The second kappa shape index (κ2) is 8.10. The van der Waals surface area contributed by atoms with Gasteiger partial charge in [-0.2, -0.15) is 5.10 Å². The summed E-state index contributed by atoms with van der Waals surface area (Å²) in [7, 11) is 0. The molecule has 146 valence electrons. The molecular weight excluding hydrogens is 402 g/mol. The molecule has 1 amide bonds. The number of benzene rings is 2. The summed E-state index contributed by atoms with van der Waals surface area (Å²) in [4.78, 5) is 17.1. The first-order valence-electron chi connectivity index (χ1n) is 9.04. The highest BCUT2D eigenvalue weighted by atomic mass is 32.1. The van der Waals surface area contributed by atoms with Crippen LogP contribution in [0.4, 0.5) is 5.13 Å². The maximum Gasteiger partial charge on any atom is 0.246 e. The average molecular weight is 422 g/mol. The third-order valence-electron chi connectivity index (χ3n) is 4.43. The Morgan fingerprint density at radius 2 is 1.93 bits per heavy atom. The van der Waals surface area contributed by atoms with Crippen molar-refractivity contribution in [3.63, 3.8) is 0 Å². The molecule has 4 rings (SSSR count). The molecule has 2 heterocycles. The zero-order valence-corrected chi connectivity index (χ0v) is 17.6. The molecular formula is C21H19N5OS2. The van der Waals surface area contributed by atoms with Crippen LogP contribution in [-0.2, 0) is 11.3 Å². The zero-order valence-electron chi connectivity index (χ0n) is 16.0. The highest BCUT2D eigenvalue weighted by Gasteiger charge is 2.14. The number of hydrogen-bond acceptors (Lipinski definition) is 5. The zero-order chi connectivity index (χ0) is 20.4. The Hall–Kier alpha value is -3.10. The van der Waals surface area contributed by atoms with E-state index < -0.39 is 0 Å². The summed E-state index contributed by atoms with van der Waals surface area (Å²) < 4.78 is 2.09. The highest BCUT2D eigenvalue weighted by Crippen LogP contribution is 2.25. The van der Waals surface area contributed by atoms with Crippen molar-refractivity contribution in [2.24, 2.45) is 0 Å². The van der Waals surface area contributed by atoms with Gasteiger partial charge in [0, 0.05) is 16.5 Å². The predicted molar refractivity (Wildman–Crippen MR) is 119 cm³/mol. The van der Waals surface area contributed by atoms with Gasteiger partial charge in [0.2, 0.25) is 5.91 Å². The van der Waals surface area contributed by atoms with Crippen LogP contribution in [0, 0.1) is 18.6 Å². The van der Waals surface area contributed by atoms with E-state index >= 15 is 0 Å². The number of carbonyl (C=O) groups is 1. The van der Waals surface area contributed by atoms with Gasteiger partial charge in [-0.25, -0.2) is 4.98 Å². The van der Waals surface area contributed by atoms with Crippen LogP contribution in [0.15, 0.2) is 53.9 Å². The van der Waals surface area contributed by atoms with E-state index in [1.807, 2.05) is 67.8 Å². The number of aromatic nitrogens is 4. The minimum absolute atomic E-state index is 0.0536. The molecule has 0 bridgehead atoms. The van der Waals surface area contributed by atoms with E-state index in [0.29, 0.717) is 15.7 Å².